The predicted molar refractivity (Wildman–Crippen MR) is 128 cm³/mol. The van der Waals surface area contributed by atoms with Crippen molar-refractivity contribution in [3.05, 3.63) is 26.8 Å². The molecule has 0 unspecified atom stereocenters. The molecule has 0 saturated carbocycles. The van der Waals surface area contributed by atoms with Gasteiger partial charge in [0.25, 0.3) is 0 Å². The first-order valence-electron chi connectivity index (χ1n) is 10.5. The van der Waals surface area contributed by atoms with Crippen molar-refractivity contribution in [3.8, 4) is 0 Å². The predicted octanol–water partition coefficient (Wildman–Crippen LogP) is 4.83. The van der Waals surface area contributed by atoms with Gasteiger partial charge in [-0.3, -0.25) is 9.20 Å². The summed E-state index contributed by atoms with van der Waals surface area (Å²) in [6.45, 7) is 8.36. The van der Waals surface area contributed by atoms with Gasteiger partial charge in [-0.1, -0.05) is 25.6 Å². The highest BCUT2D eigenvalue weighted by molar-refractivity contribution is 7.99. The molecule has 0 bridgehead atoms. The Morgan fingerprint density at radius 3 is 2.84 bits per heavy atom. The molecule has 1 N–H and O–H groups in total. The molecule has 0 saturated heterocycles. The number of thiazole rings is 1. The molecule has 0 aliphatic heterocycles. The van der Waals surface area contributed by atoms with Crippen LogP contribution in [0.5, 0.6) is 0 Å². The van der Waals surface area contributed by atoms with Crippen molar-refractivity contribution < 1.29 is 4.79 Å². The maximum atomic E-state index is 12.5. The zero-order valence-electron chi connectivity index (χ0n) is 18.0. The lowest BCUT2D eigenvalue weighted by Crippen LogP contribution is -2.14. The van der Waals surface area contributed by atoms with Crippen molar-refractivity contribution >= 4 is 61.3 Å². The van der Waals surface area contributed by atoms with Gasteiger partial charge in [-0.2, -0.15) is 0 Å². The summed E-state index contributed by atoms with van der Waals surface area (Å²) in [5.41, 5.74) is 3.23. The Hall–Kier alpha value is -2.04. The van der Waals surface area contributed by atoms with Crippen LogP contribution < -0.4 is 5.32 Å². The molecule has 0 spiro atoms. The van der Waals surface area contributed by atoms with Crippen LogP contribution in [-0.2, 0) is 24.1 Å². The molecule has 4 aromatic rings. The van der Waals surface area contributed by atoms with Crippen molar-refractivity contribution in [1.29, 1.82) is 0 Å². The van der Waals surface area contributed by atoms with E-state index in [1.807, 2.05) is 29.6 Å². The monoisotopic (exact) mass is 472 g/mol. The summed E-state index contributed by atoms with van der Waals surface area (Å²) in [4.78, 5) is 25.5. The van der Waals surface area contributed by atoms with Crippen molar-refractivity contribution in [3.63, 3.8) is 0 Å². The maximum absolute atomic E-state index is 12.5. The lowest BCUT2D eigenvalue weighted by Gasteiger charge is -2.17. The normalized spacial score (nSPS) is 16.2. The number of fused-ring (bicyclic) bond motifs is 5. The Kier molecular flexibility index (Phi) is 5.47. The van der Waals surface area contributed by atoms with E-state index >= 15 is 0 Å². The standard InChI is InChI=1S/C21H24N6OS3/c1-5-15-23-19-17(13-7-6-10(2)8-14(13)31-19)18-25-26-21(27(15)18)29-9-16(28)24-20-22-11(3)12(4)30-20/h10H,5-9H2,1-4H3,(H,22,24,28)/t10-/m1/s1. The summed E-state index contributed by atoms with van der Waals surface area (Å²) in [6.07, 6.45) is 4.17. The minimum Gasteiger partial charge on any atom is -0.301 e. The highest BCUT2D eigenvalue weighted by Gasteiger charge is 2.25. The second-order valence-electron chi connectivity index (χ2n) is 8.05. The van der Waals surface area contributed by atoms with E-state index in [0.717, 1.165) is 57.4 Å². The molecule has 0 aromatic carbocycles. The third-order valence-electron chi connectivity index (χ3n) is 5.76. The second kappa shape index (κ2) is 8.14. The van der Waals surface area contributed by atoms with Gasteiger partial charge >= 0.3 is 0 Å². The topological polar surface area (TPSA) is 85.1 Å². The first-order valence-corrected chi connectivity index (χ1v) is 13.1. The summed E-state index contributed by atoms with van der Waals surface area (Å²) in [5, 5.41) is 14.4. The number of aromatic nitrogens is 5. The summed E-state index contributed by atoms with van der Waals surface area (Å²) >= 11 is 4.70. The van der Waals surface area contributed by atoms with E-state index in [9.17, 15) is 4.79 Å². The molecule has 0 radical (unpaired) electrons. The van der Waals surface area contributed by atoms with Crippen LogP contribution in [0.2, 0.25) is 0 Å². The maximum Gasteiger partial charge on any atom is 0.236 e. The lowest BCUT2D eigenvalue weighted by atomic mass is 9.89. The number of hydrogen-bond donors (Lipinski definition) is 1. The van der Waals surface area contributed by atoms with E-state index in [-0.39, 0.29) is 11.7 Å². The molecular weight excluding hydrogens is 448 g/mol. The van der Waals surface area contributed by atoms with E-state index < -0.39 is 0 Å². The largest absolute Gasteiger partial charge is 0.301 e. The average molecular weight is 473 g/mol. The number of carbonyl (C=O) groups excluding carboxylic acids is 1. The van der Waals surface area contributed by atoms with E-state index in [4.69, 9.17) is 4.98 Å². The molecule has 31 heavy (non-hydrogen) atoms. The van der Waals surface area contributed by atoms with Gasteiger partial charge in [0.2, 0.25) is 5.91 Å². The first kappa shape index (κ1) is 20.8. The third kappa shape index (κ3) is 3.74. The molecule has 7 nitrogen and oxygen atoms in total. The third-order valence-corrected chi connectivity index (χ3v) is 8.83. The average Bonchev–Trinajstić information content (AvgIpc) is 3.40. The van der Waals surface area contributed by atoms with Crippen LogP contribution in [0.3, 0.4) is 0 Å². The van der Waals surface area contributed by atoms with Gasteiger partial charge in [-0.15, -0.1) is 32.9 Å². The van der Waals surface area contributed by atoms with Gasteiger partial charge < -0.3 is 5.32 Å². The zero-order valence-corrected chi connectivity index (χ0v) is 20.4. The van der Waals surface area contributed by atoms with Crippen LogP contribution in [0.15, 0.2) is 5.16 Å². The van der Waals surface area contributed by atoms with E-state index in [0.29, 0.717) is 10.3 Å². The highest BCUT2D eigenvalue weighted by Crippen LogP contribution is 2.39. The number of rotatable bonds is 5. The molecule has 0 fully saturated rings. The molecular formula is C21H24N6OS3. The van der Waals surface area contributed by atoms with Crippen molar-refractivity contribution in [2.75, 3.05) is 11.1 Å². The number of thioether (sulfide) groups is 1. The van der Waals surface area contributed by atoms with Gasteiger partial charge in [0, 0.05) is 16.2 Å². The molecule has 4 heterocycles. The number of carbonyl (C=O) groups is 1. The van der Waals surface area contributed by atoms with Crippen LogP contribution in [0, 0.1) is 19.8 Å². The highest BCUT2D eigenvalue weighted by atomic mass is 32.2. The first-order chi connectivity index (χ1) is 14.9. The molecule has 10 heteroatoms. The van der Waals surface area contributed by atoms with E-state index in [1.165, 1.54) is 40.0 Å². The van der Waals surface area contributed by atoms with Crippen molar-refractivity contribution in [2.45, 2.75) is 58.5 Å². The molecule has 1 amide bonds. The molecule has 162 valence electrons. The van der Waals surface area contributed by atoms with Crippen LogP contribution in [-0.4, -0.2) is 36.2 Å². The van der Waals surface area contributed by atoms with Crippen LogP contribution in [0.25, 0.3) is 15.9 Å². The number of nitrogens with zero attached hydrogens (tertiary/aromatic N) is 5. The fourth-order valence-corrected chi connectivity index (χ4v) is 7.00. The Morgan fingerprint density at radius 2 is 2.10 bits per heavy atom. The molecule has 1 aliphatic carbocycles. The van der Waals surface area contributed by atoms with E-state index in [2.05, 4.69) is 34.3 Å². The second-order valence-corrected chi connectivity index (χ2v) is 11.3. The number of hydrogen-bond acceptors (Lipinski definition) is 8. The number of aryl methyl sites for hydroxylation is 4. The Labute approximate surface area is 192 Å². The molecule has 1 atom stereocenters. The van der Waals surface area contributed by atoms with Crippen LogP contribution in [0.1, 0.15) is 47.1 Å². The summed E-state index contributed by atoms with van der Waals surface area (Å²) in [7, 11) is 0. The van der Waals surface area contributed by atoms with Crippen LogP contribution in [0.4, 0.5) is 5.13 Å². The Bertz CT molecular complexity index is 1280. The Balaban J connectivity index is 1.45. The quantitative estimate of drug-likeness (QED) is 0.419. The van der Waals surface area contributed by atoms with Gasteiger partial charge in [-0.25, -0.2) is 9.97 Å². The SMILES string of the molecule is CCc1nc2sc3c(c2c2nnc(SCC(=O)Nc4nc(C)c(C)s4)n12)CC[C@@H](C)C3. The molecule has 5 rings (SSSR count). The molecule has 4 aromatic heterocycles. The fourth-order valence-electron chi connectivity index (χ4n) is 4.02. The van der Waals surface area contributed by atoms with Crippen LogP contribution >= 0.6 is 34.4 Å². The number of amides is 1. The van der Waals surface area contributed by atoms with Gasteiger partial charge in [0.1, 0.15) is 10.7 Å². The number of anilines is 1. The van der Waals surface area contributed by atoms with Gasteiger partial charge in [0.05, 0.1) is 16.8 Å². The van der Waals surface area contributed by atoms with Crippen molar-refractivity contribution in [1.82, 2.24) is 24.6 Å². The Morgan fingerprint density at radius 1 is 1.26 bits per heavy atom. The minimum absolute atomic E-state index is 0.0931. The smallest absolute Gasteiger partial charge is 0.236 e. The number of thiophene rings is 1. The summed E-state index contributed by atoms with van der Waals surface area (Å²) in [6, 6.07) is 0. The summed E-state index contributed by atoms with van der Waals surface area (Å²) in [5.74, 6) is 1.81. The van der Waals surface area contributed by atoms with E-state index in [1.54, 1.807) is 0 Å². The van der Waals surface area contributed by atoms with Gasteiger partial charge in [0.15, 0.2) is 15.9 Å². The number of nitrogens with one attached hydrogen (secondary N) is 1. The fraction of sp³-hybridized carbons (Fsp3) is 0.476. The summed E-state index contributed by atoms with van der Waals surface area (Å²) < 4.78 is 2.04. The zero-order chi connectivity index (χ0) is 21.7. The molecule has 1 aliphatic rings. The minimum atomic E-state index is -0.0931. The van der Waals surface area contributed by atoms with Crippen molar-refractivity contribution in [2.24, 2.45) is 5.92 Å². The lowest BCUT2D eigenvalue weighted by molar-refractivity contribution is -0.113. The van der Waals surface area contributed by atoms with Gasteiger partial charge in [-0.05, 0) is 44.6 Å².